The highest BCUT2D eigenvalue weighted by Gasteiger charge is 2.35. The average molecular weight is 318 g/mol. The van der Waals surface area contributed by atoms with Crippen LogP contribution in [0.1, 0.15) is 45.1 Å². The first-order chi connectivity index (χ1) is 11.1. The Kier molecular flexibility index (Phi) is 5.57. The third kappa shape index (κ3) is 4.46. The first-order valence-corrected chi connectivity index (χ1v) is 9.03. The van der Waals surface area contributed by atoms with Crippen LogP contribution >= 0.6 is 0 Å². The fourth-order valence-electron chi connectivity index (χ4n) is 3.93. The second-order valence-corrected chi connectivity index (χ2v) is 7.24. The molecule has 0 bridgehead atoms. The number of hydrogen-bond acceptors (Lipinski definition) is 4. The summed E-state index contributed by atoms with van der Waals surface area (Å²) in [5, 5.41) is 13.5. The Balaban J connectivity index is 1.55. The van der Waals surface area contributed by atoms with Gasteiger partial charge in [-0.05, 0) is 50.8 Å². The molecule has 1 aromatic carbocycles. The molecule has 1 aliphatic heterocycles. The largest absolute Gasteiger partial charge is 0.491 e. The lowest BCUT2D eigenvalue weighted by Crippen LogP contribution is -2.46. The molecule has 4 heteroatoms. The van der Waals surface area contributed by atoms with Crippen LogP contribution in [-0.4, -0.2) is 47.4 Å². The molecule has 0 spiro atoms. The van der Waals surface area contributed by atoms with Crippen LogP contribution < -0.4 is 10.1 Å². The fraction of sp³-hybridized carbons (Fsp3) is 0.684. The summed E-state index contributed by atoms with van der Waals surface area (Å²) in [6.45, 7) is 6.88. The molecule has 2 fully saturated rings. The van der Waals surface area contributed by atoms with E-state index >= 15 is 0 Å². The number of aliphatic hydroxyl groups excluding tert-OH is 1. The number of nitrogens with one attached hydrogen (secondary N) is 1. The van der Waals surface area contributed by atoms with Crippen molar-refractivity contribution in [1.82, 2.24) is 10.2 Å². The van der Waals surface area contributed by atoms with Crippen molar-refractivity contribution < 1.29 is 9.84 Å². The Morgan fingerprint density at radius 2 is 2.17 bits per heavy atom. The van der Waals surface area contributed by atoms with Gasteiger partial charge in [0.1, 0.15) is 5.75 Å². The predicted molar refractivity (Wildman–Crippen MR) is 92.7 cm³/mol. The van der Waals surface area contributed by atoms with Gasteiger partial charge in [0.25, 0.3) is 0 Å². The van der Waals surface area contributed by atoms with Crippen LogP contribution in [0.5, 0.6) is 5.75 Å². The highest BCUT2D eigenvalue weighted by molar-refractivity contribution is 5.28. The molecule has 3 atom stereocenters. The van der Waals surface area contributed by atoms with E-state index in [2.05, 4.69) is 42.3 Å². The van der Waals surface area contributed by atoms with Gasteiger partial charge < -0.3 is 15.2 Å². The van der Waals surface area contributed by atoms with Gasteiger partial charge in [-0.15, -0.1) is 0 Å². The van der Waals surface area contributed by atoms with Crippen molar-refractivity contribution in [2.75, 3.05) is 13.1 Å². The predicted octanol–water partition coefficient (Wildman–Crippen LogP) is 2.55. The first kappa shape index (κ1) is 16.7. The van der Waals surface area contributed by atoms with Gasteiger partial charge in [0.2, 0.25) is 0 Å². The number of β-amino-alcohol motifs (C(OH)–C–C–N with tert-alkyl or cyclic N) is 1. The highest BCUT2D eigenvalue weighted by Crippen LogP contribution is 2.27. The first-order valence-electron chi connectivity index (χ1n) is 9.03. The van der Waals surface area contributed by atoms with Crippen LogP contribution in [0.2, 0.25) is 0 Å². The summed E-state index contributed by atoms with van der Waals surface area (Å²) in [5.41, 5.74) is 1.27. The Morgan fingerprint density at radius 3 is 2.91 bits per heavy atom. The molecular formula is C19H30N2O2. The summed E-state index contributed by atoms with van der Waals surface area (Å²) in [4.78, 5) is 2.48. The molecule has 1 saturated carbocycles. The molecule has 1 aliphatic carbocycles. The Labute approximate surface area is 139 Å². The summed E-state index contributed by atoms with van der Waals surface area (Å²) in [5.74, 6) is 0.949. The molecule has 1 unspecified atom stereocenters. The summed E-state index contributed by atoms with van der Waals surface area (Å²) < 4.78 is 5.78. The molecule has 4 nitrogen and oxygen atoms in total. The third-order valence-electron chi connectivity index (χ3n) is 4.98. The highest BCUT2D eigenvalue weighted by atomic mass is 16.5. The molecule has 2 aliphatic rings. The molecule has 3 rings (SSSR count). The molecule has 1 saturated heterocycles. The van der Waals surface area contributed by atoms with Crippen LogP contribution in [0.4, 0.5) is 0 Å². The standard InChI is InChI=1S/C19H30N2O2/c1-14(2)23-17-6-3-5-15(11-17)12-20-18-7-4-8-19(18)21-10-9-16(22)13-21/h3,5-6,11,14,16,18-20,22H,4,7-10,12-13H2,1-2H3/t16?,18-,19+/m1/s1. The number of benzene rings is 1. The monoisotopic (exact) mass is 318 g/mol. The zero-order chi connectivity index (χ0) is 16.2. The van der Waals surface area contributed by atoms with Crippen molar-refractivity contribution in [2.45, 2.75) is 70.4 Å². The zero-order valence-electron chi connectivity index (χ0n) is 14.4. The molecule has 1 heterocycles. The summed E-state index contributed by atoms with van der Waals surface area (Å²) >= 11 is 0. The summed E-state index contributed by atoms with van der Waals surface area (Å²) in [7, 11) is 0. The van der Waals surface area contributed by atoms with E-state index in [1.54, 1.807) is 0 Å². The minimum absolute atomic E-state index is 0.124. The van der Waals surface area contributed by atoms with Crippen LogP contribution in [0.15, 0.2) is 24.3 Å². The number of nitrogens with zero attached hydrogens (tertiary/aromatic N) is 1. The van der Waals surface area contributed by atoms with E-state index in [4.69, 9.17) is 4.74 Å². The fourth-order valence-corrected chi connectivity index (χ4v) is 3.93. The van der Waals surface area contributed by atoms with Gasteiger partial charge in [0.15, 0.2) is 0 Å². The smallest absolute Gasteiger partial charge is 0.120 e. The minimum Gasteiger partial charge on any atom is -0.491 e. The quantitative estimate of drug-likeness (QED) is 0.846. The number of aliphatic hydroxyl groups is 1. The molecule has 1 aromatic rings. The maximum absolute atomic E-state index is 9.78. The van der Waals surface area contributed by atoms with Crippen LogP contribution in [0.25, 0.3) is 0 Å². The molecule has 128 valence electrons. The molecule has 0 aromatic heterocycles. The van der Waals surface area contributed by atoms with Crippen molar-refractivity contribution in [1.29, 1.82) is 0 Å². The normalized spacial score (nSPS) is 28.6. The SMILES string of the molecule is CC(C)Oc1cccc(CN[C@@H]2CCC[C@@H]2N2CCC(O)C2)c1. The summed E-state index contributed by atoms with van der Waals surface area (Å²) in [6.07, 6.45) is 4.78. The lowest BCUT2D eigenvalue weighted by atomic mass is 10.1. The van der Waals surface area contributed by atoms with Gasteiger partial charge in [0.05, 0.1) is 12.2 Å². The Morgan fingerprint density at radius 1 is 1.30 bits per heavy atom. The van der Waals surface area contributed by atoms with Crippen molar-refractivity contribution >= 4 is 0 Å². The maximum atomic E-state index is 9.78. The number of hydrogen-bond donors (Lipinski definition) is 2. The number of ether oxygens (including phenoxy) is 1. The van der Waals surface area contributed by atoms with Crippen molar-refractivity contribution in [3.8, 4) is 5.75 Å². The van der Waals surface area contributed by atoms with E-state index in [-0.39, 0.29) is 12.2 Å². The van der Waals surface area contributed by atoms with Crippen molar-refractivity contribution in [3.05, 3.63) is 29.8 Å². The van der Waals surface area contributed by atoms with E-state index in [1.165, 1.54) is 24.8 Å². The van der Waals surface area contributed by atoms with Gasteiger partial charge in [0, 0.05) is 31.7 Å². The van der Waals surface area contributed by atoms with E-state index in [1.807, 2.05) is 6.07 Å². The van der Waals surface area contributed by atoms with Crippen molar-refractivity contribution in [2.24, 2.45) is 0 Å². The van der Waals surface area contributed by atoms with Gasteiger partial charge in [-0.2, -0.15) is 0 Å². The van der Waals surface area contributed by atoms with Gasteiger partial charge >= 0.3 is 0 Å². The van der Waals surface area contributed by atoms with Gasteiger partial charge in [-0.1, -0.05) is 18.6 Å². The second-order valence-electron chi connectivity index (χ2n) is 7.24. The van der Waals surface area contributed by atoms with Crippen LogP contribution in [0, 0.1) is 0 Å². The lowest BCUT2D eigenvalue weighted by molar-refractivity contribution is 0.150. The number of rotatable bonds is 6. The van der Waals surface area contributed by atoms with Gasteiger partial charge in [-0.25, -0.2) is 0 Å². The van der Waals surface area contributed by atoms with Crippen molar-refractivity contribution in [3.63, 3.8) is 0 Å². The van der Waals surface area contributed by atoms with E-state index in [9.17, 15) is 5.11 Å². The Bertz CT molecular complexity index is 506. The van der Waals surface area contributed by atoms with E-state index in [0.29, 0.717) is 12.1 Å². The molecule has 0 amide bonds. The Hall–Kier alpha value is -1.10. The maximum Gasteiger partial charge on any atom is 0.120 e. The third-order valence-corrected chi connectivity index (χ3v) is 4.98. The summed E-state index contributed by atoms with van der Waals surface area (Å²) in [6, 6.07) is 9.50. The topological polar surface area (TPSA) is 44.7 Å². The molecule has 0 radical (unpaired) electrons. The lowest BCUT2D eigenvalue weighted by Gasteiger charge is -2.30. The minimum atomic E-state index is -0.124. The average Bonchev–Trinajstić information content (AvgIpc) is 3.13. The second kappa shape index (κ2) is 7.65. The van der Waals surface area contributed by atoms with Crippen LogP contribution in [0.3, 0.4) is 0 Å². The van der Waals surface area contributed by atoms with Gasteiger partial charge in [-0.3, -0.25) is 4.90 Å². The molecule has 23 heavy (non-hydrogen) atoms. The van der Waals surface area contributed by atoms with E-state index < -0.39 is 0 Å². The van der Waals surface area contributed by atoms with Crippen LogP contribution in [-0.2, 0) is 6.54 Å². The molecule has 2 N–H and O–H groups in total. The zero-order valence-corrected chi connectivity index (χ0v) is 14.4. The van der Waals surface area contributed by atoms with E-state index in [0.717, 1.165) is 31.8 Å². The molecular weight excluding hydrogens is 288 g/mol. The number of likely N-dealkylation sites (tertiary alicyclic amines) is 1.